The zero-order valence-corrected chi connectivity index (χ0v) is 14.4. The molecule has 1 aliphatic rings. The molecule has 1 aliphatic heterocycles. The van der Waals surface area contributed by atoms with Crippen molar-refractivity contribution < 1.29 is 4.79 Å². The van der Waals surface area contributed by atoms with Crippen LogP contribution in [-0.2, 0) is 11.2 Å². The molecule has 128 valence electrons. The number of hydrogen-bond donors (Lipinski definition) is 1. The Morgan fingerprint density at radius 1 is 1.16 bits per heavy atom. The largest absolute Gasteiger partial charge is 0.372 e. The van der Waals surface area contributed by atoms with Gasteiger partial charge in [-0.1, -0.05) is 6.07 Å². The lowest BCUT2D eigenvalue weighted by molar-refractivity contribution is -0.115. The summed E-state index contributed by atoms with van der Waals surface area (Å²) in [5.74, 6) is -0.0463. The highest BCUT2D eigenvalue weighted by atomic mass is 16.1. The lowest BCUT2D eigenvalue weighted by atomic mass is 10.2. The Kier molecular flexibility index (Phi) is 4.14. The van der Waals surface area contributed by atoms with E-state index in [0.29, 0.717) is 0 Å². The molecule has 3 aromatic rings. The molecule has 1 N–H and O–H groups in total. The fraction of sp³-hybridized carbons (Fsp3) is 0.300. The van der Waals surface area contributed by atoms with E-state index in [-0.39, 0.29) is 12.3 Å². The minimum atomic E-state index is -0.0463. The summed E-state index contributed by atoms with van der Waals surface area (Å²) in [5, 5.41) is 2.96. The summed E-state index contributed by atoms with van der Waals surface area (Å²) in [7, 11) is 0. The molecule has 5 heteroatoms. The molecule has 1 saturated heterocycles. The van der Waals surface area contributed by atoms with Gasteiger partial charge in [0, 0.05) is 36.9 Å². The van der Waals surface area contributed by atoms with Crippen molar-refractivity contribution in [2.24, 2.45) is 0 Å². The van der Waals surface area contributed by atoms with Crippen LogP contribution in [0.15, 0.2) is 48.8 Å². The molecule has 4 rings (SSSR count). The van der Waals surface area contributed by atoms with E-state index in [0.717, 1.165) is 35.7 Å². The van der Waals surface area contributed by atoms with Gasteiger partial charge >= 0.3 is 0 Å². The average molecular weight is 334 g/mol. The topological polar surface area (TPSA) is 49.6 Å². The SMILES string of the molecule is Cc1cccn2cc(CC(=O)Nc3ccc(N4CCCC4)cc3)nc12. The molecule has 3 heterocycles. The number of amides is 1. The molecule has 1 amide bonds. The van der Waals surface area contributed by atoms with E-state index in [2.05, 4.69) is 27.3 Å². The molecule has 5 nitrogen and oxygen atoms in total. The number of fused-ring (bicyclic) bond motifs is 1. The predicted molar refractivity (Wildman–Crippen MR) is 100 cm³/mol. The maximum atomic E-state index is 12.3. The third kappa shape index (κ3) is 3.36. The van der Waals surface area contributed by atoms with Crippen molar-refractivity contribution in [1.29, 1.82) is 0 Å². The summed E-state index contributed by atoms with van der Waals surface area (Å²) < 4.78 is 1.96. The van der Waals surface area contributed by atoms with Crippen LogP contribution >= 0.6 is 0 Å². The van der Waals surface area contributed by atoms with Crippen LogP contribution in [0.3, 0.4) is 0 Å². The highest BCUT2D eigenvalue weighted by Crippen LogP contribution is 2.22. The quantitative estimate of drug-likeness (QED) is 0.795. The molecule has 1 fully saturated rings. The second-order valence-corrected chi connectivity index (χ2v) is 6.62. The van der Waals surface area contributed by atoms with Gasteiger partial charge in [-0.15, -0.1) is 0 Å². The molecule has 25 heavy (non-hydrogen) atoms. The van der Waals surface area contributed by atoms with Gasteiger partial charge < -0.3 is 14.6 Å². The molecule has 0 unspecified atom stereocenters. The fourth-order valence-corrected chi connectivity index (χ4v) is 3.39. The van der Waals surface area contributed by atoms with Gasteiger partial charge in [-0.05, 0) is 55.7 Å². The Balaban J connectivity index is 1.41. The normalized spacial score (nSPS) is 14.2. The zero-order valence-electron chi connectivity index (χ0n) is 14.4. The molecule has 0 aliphatic carbocycles. The van der Waals surface area contributed by atoms with Crippen LogP contribution in [0.2, 0.25) is 0 Å². The van der Waals surface area contributed by atoms with Crippen molar-refractivity contribution in [2.45, 2.75) is 26.2 Å². The fourth-order valence-electron chi connectivity index (χ4n) is 3.39. The van der Waals surface area contributed by atoms with Gasteiger partial charge in [0.1, 0.15) is 5.65 Å². The van der Waals surface area contributed by atoms with Gasteiger partial charge in [0.05, 0.1) is 12.1 Å². The van der Waals surface area contributed by atoms with Crippen LogP contribution in [0.25, 0.3) is 5.65 Å². The number of anilines is 2. The molecule has 0 saturated carbocycles. The van der Waals surface area contributed by atoms with E-state index < -0.39 is 0 Å². The van der Waals surface area contributed by atoms with Crippen LogP contribution in [-0.4, -0.2) is 28.4 Å². The van der Waals surface area contributed by atoms with Gasteiger partial charge in [-0.3, -0.25) is 4.79 Å². The molecular weight excluding hydrogens is 312 g/mol. The van der Waals surface area contributed by atoms with Crippen LogP contribution < -0.4 is 10.2 Å². The van der Waals surface area contributed by atoms with E-state index >= 15 is 0 Å². The smallest absolute Gasteiger partial charge is 0.230 e. The molecule has 1 aromatic carbocycles. The first kappa shape index (κ1) is 15.7. The Bertz CT molecular complexity index is 892. The first-order valence-electron chi connectivity index (χ1n) is 8.77. The lowest BCUT2D eigenvalue weighted by Gasteiger charge is -2.17. The molecule has 0 atom stereocenters. The summed E-state index contributed by atoms with van der Waals surface area (Å²) in [6.07, 6.45) is 6.66. The highest BCUT2D eigenvalue weighted by molar-refractivity contribution is 5.92. The lowest BCUT2D eigenvalue weighted by Crippen LogP contribution is -2.18. The van der Waals surface area contributed by atoms with Crippen LogP contribution in [0.5, 0.6) is 0 Å². The number of rotatable bonds is 4. The minimum Gasteiger partial charge on any atom is -0.372 e. The first-order chi connectivity index (χ1) is 12.2. The highest BCUT2D eigenvalue weighted by Gasteiger charge is 2.13. The molecule has 0 bridgehead atoms. The van der Waals surface area contributed by atoms with Crippen LogP contribution in [0.1, 0.15) is 24.1 Å². The molecule has 2 aromatic heterocycles. The van der Waals surface area contributed by atoms with Gasteiger partial charge in [0.15, 0.2) is 0 Å². The second kappa shape index (κ2) is 6.59. The Hall–Kier alpha value is -2.82. The van der Waals surface area contributed by atoms with E-state index in [9.17, 15) is 4.79 Å². The van der Waals surface area contributed by atoms with E-state index in [1.807, 2.05) is 48.0 Å². The standard InChI is InChI=1S/C20H22N4O/c1-15-5-4-12-24-14-17(22-20(15)24)13-19(25)21-16-6-8-18(9-7-16)23-10-2-3-11-23/h4-9,12,14H,2-3,10-11,13H2,1H3,(H,21,25). The number of aryl methyl sites for hydroxylation is 1. The first-order valence-corrected chi connectivity index (χ1v) is 8.77. The monoisotopic (exact) mass is 334 g/mol. The van der Waals surface area contributed by atoms with E-state index in [1.165, 1.54) is 18.5 Å². The summed E-state index contributed by atoms with van der Waals surface area (Å²) in [6.45, 7) is 4.27. The summed E-state index contributed by atoms with van der Waals surface area (Å²) in [5.41, 5.74) is 4.84. The van der Waals surface area contributed by atoms with Crippen molar-refractivity contribution >= 4 is 22.9 Å². The molecule has 0 spiro atoms. The molecule has 0 radical (unpaired) electrons. The number of carbonyl (C=O) groups is 1. The number of benzene rings is 1. The summed E-state index contributed by atoms with van der Waals surface area (Å²) in [4.78, 5) is 19.2. The molecular formula is C20H22N4O. The number of carbonyl (C=O) groups excluding carboxylic acids is 1. The third-order valence-corrected chi connectivity index (χ3v) is 4.69. The van der Waals surface area contributed by atoms with Crippen LogP contribution in [0.4, 0.5) is 11.4 Å². The maximum Gasteiger partial charge on any atom is 0.230 e. The Labute approximate surface area is 147 Å². The van der Waals surface area contributed by atoms with Gasteiger partial charge in [-0.25, -0.2) is 4.98 Å². The van der Waals surface area contributed by atoms with Crippen LogP contribution in [0, 0.1) is 6.92 Å². The van der Waals surface area contributed by atoms with Gasteiger partial charge in [-0.2, -0.15) is 0 Å². The van der Waals surface area contributed by atoms with Crippen molar-refractivity contribution in [3.8, 4) is 0 Å². The Morgan fingerprint density at radius 3 is 2.64 bits per heavy atom. The average Bonchev–Trinajstić information content (AvgIpc) is 3.25. The number of imidazole rings is 1. The van der Waals surface area contributed by atoms with E-state index in [4.69, 9.17) is 0 Å². The third-order valence-electron chi connectivity index (χ3n) is 4.69. The van der Waals surface area contributed by atoms with Crippen molar-refractivity contribution in [2.75, 3.05) is 23.3 Å². The predicted octanol–water partition coefficient (Wildman–Crippen LogP) is 3.42. The van der Waals surface area contributed by atoms with Crippen molar-refractivity contribution in [3.63, 3.8) is 0 Å². The Morgan fingerprint density at radius 2 is 1.92 bits per heavy atom. The van der Waals surface area contributed by atoms with Gasteiger partial charge in [0.25, 0.3) is 0 Å². The van der Waals surface area contributed by atoms with Gasteiger partial charge in [0.2, 0.25) is 5.91 Å². The summed E-state index contributed by atoms with van der Waals surface area (Å²) in [6, 6.07) is 12.1. The van der Waals surface area contributed by atoms with Crippen molar-refractivity contribution in [1.82, 2.24) is 9.38 Å². The number of nitrogens with one attached hydrogen (secondary N) is 1. The number of aromatic nitrogens is 2. The second-order valence-electron chi connectivity index (χ2n) is 6.62. The zero-order chi connectivity index (χ0) is 17.2. The number of pyridine rings is 1. The van der Waals surface area contributed by atoms with Crippen molar-refractivity contribution in [3.05, 3.63) is 60.0 Å². The number of hydrogen-bond acceptors (Lipinski definition) is 3. The summed E-state index contributed by atoms with van der Waals surface area (Å²) >= 11 is 0. The maximum absolute atomic E-state index is 12.3. The van der Waals surface area contributed by atoms with E-state index in [1.54, 1.807) is 0 Å². The minimum absolute atomic E-state index is 0.0463. The number of nitrogens with zero attached hydrogens (tertiary/aromatic N) is 3.